The molecule has 0 saturated heterocycles. The van der Waals surface area contributed by atoms with E-state index in [1.165, 1.54) is 23.1 Å². The fraction of sp³-hybridized carbons (Fsp3) is 0.310. The van der Waals surface area contributed by atoms with Crippen molar-refractivity contribution in [3.8, 4) is 0 Å². The molecule has 0 aromatic heterocycles. The van der Waals surface area contributed by atoms with Gasteiger partial charge in [0.05, 0.1) is 22.0 Å². The number of nitrogens with zero attached hydrogens (tertiary/aromatic N) is 2. The van der Waals surface area contributed by atoms with E-state index in [-0.39, 0.29) is 34.6 Å². The van der Waals surface area contributed by atoms with Gasteiger partial charge in [-0.1, -0.05) is 96.7 Å². The summed E-state index contributed by atoms with van der Waals surface area (Å²) >= 11 is 18.6. The predicted molar refractivity (Wildman–Crippen MR) is 163 cm³/mol. The highest BCUT2D eigenvalue weighted by Gasteiger charge is 2.33. The quantitative estimate of drug-likeness (QED) is 0.238. The second kappa shape index (κ2) is 14.7. The number of anilines is 1. The molecule has 11 heteroatoms. The van der Waals surface area contributed by atoms with Gasteiger partial charge in [-0.15, -0.1) is 0 Å². The topological polar surface area (TPSA) is 86.8 Å². The summed E-state index contributed by atoms with van der Waals surface area (Å²) in [4.78, 5) is 29.0. The molecule has 0 bridgehead atoms. The number of benzene rings is 3. The molecule has 0 saturated carbocycles. The first-order chi connectivity index (χ1) is 19.0. The predicted octanol–water partition coefficient (Wildman–Crippen LogP) is 5.97. The summed E-state index contributed by atoms with van der Waals surface area (Å²) in [5, 5.41) is 3.76. The lowest BCUT2D eigenvalue weighted by Gasteiger charge is -2.33. The largest absolute Gasteiger partial charge is 0.354 e. The van der Waals surface area contributed by atoms with Gasteiger partial charge in [0, 0.05) is 24.5 Å². The number of carbonyl (C=O) groups excluding carboxylic acids is 2. The molecule has 40 heavy (non-hydrogen) atoms. The van der Waals surface area contributed by atoms with Gasteiger partial charge in [-0.2, -0.15) is 0 Å². The minimum atomic E-state index is -3.92. The molecule has 1 atom stereocenters. The average molecular weight is 625 g/mol. The number of halogens is 3. The second-order valence-electron chi connectivity index (χ2n) is 9.33. The Bertz CT molecular complexity index is 1420. The van der Waals surface area contributed by atoms with E-state index in [0.717, 1.165) is 29.0 Å². The molecule has 2 amide bonds. The lowest BCUT2D eigenvalue weighted by Crippen LogP contribution is -2.53. The summed E-state index contributed by atoms with van der Waals surface area (Å²) in [5.74, 6) is -0.916. The van der Waals surface area contributed by atoms with Crippen LogP contribution < -0.4 is 9.62 Å². The molecular weight excluding hydrogens is 593 g/mol. The molecular formula is C29H32Cl3N3O4S. The third kappa shape index (κ3) is 8.86. The smallest absolute Gasteiger partial charge is 0.244 e. The van der Waals surface area contributed by atoms with E-state index < -0.39 is 28.5 Å². The molecule has 3 rings (SSSR count). The van der Waals surface area contributed by atoms with Gasteiger partial charge >= 0.3 is 0 Å². The lowest BCUT2D eigenvalue weighted by molar-refractivity contribution is -0.140. The molecule has 0 aliphatic rings. The maximum Gasteiger partial charge on any atom is 0.244 e. The Labute approximate surface area is 251 Å². The first-order valence-corrected chi connectivity index (χ1v) is 15.8. The maximum absolute atomic E-state index is 14.0. The minimum Gasteiger partial charge on any atom is -0.354 e. The molecule has 0 heterocycles. The Morgan fingerprint density at radius 3 is 2.20 bits per heavy atom. The number of amides is 2. The second-order valence-corrected chi connectivity index (χ2v) is 12.5. The summed E-state index contributed by atoms with van der Waals surface area (Å²) < 4.78 is 26.6. The van der Waals surface area contributed by atoms with Gasteiger partial charge in [-0.3, -0.25) is 13.9 Å². The van der Waals surface area contributed by atoms with Crippen LogP contribution in [-0.4, -0.2) is 50.5 Å². The van der Waals surface area contributed by atoms with Crippen LogP contribution in [0.3, 0.4) is 0 Å². The highest BCUT2D eigenvalue weighted by atomic mass is 35.5. The fourth-order valence-electron chi connectivity index (χ4n) is 4.12. The van der Waals surface area contributed by atoms with Crippen molar-refractivity contribution in [2.45, 2.75) is 38.8 Å². The third-order valence-corrected chi connectivity index (χ3v) is 8.52. The zero-order valence-corrected chi connectivity index (χ0v) is 25.4. The summed E-state index contributed by atoms with van der Waals surface area (Å²) in [7, 11) is -3.92. The van der Waals surface area contributed by atoms with Crippen LogP contribution in [0.15, 0.2) is 72.8 Å². The summed E-state index contributed by atoms with van der Waals surface area (Å²) in [6, 6.07) is 19.8. The van der Waals surface area contributed by atoms with Crippen molar-refractivity contribution in [2.75, 3.05) is 23.7 Å². The Hall–Kier alpha value is -2.78. The molecule has 7 nitrogen and oxygen atoms in total. The molecule has 214 valence electrons. The van der Waals surface area contributed by atoms with Crippen molar-refractivity contribution in [1.82, 2.24) is 10.2 Å². The van der Waals surface area contributed by atoms with Crippen molar-refractivity contribution < 1.29 is 18.0 Å². The van der Waals surface area contributed by atoms with Gasteiger partial charge in [-0.25, -0.2) is 8.42 Å². The van der Waals surface area contributed by atoms with E-state index in [1.807, 2.05) is 37.3 Å². The maximum atomic E-state index is 14.0. The van der Waals surface area contributed by atoms with E-state index >= 15 is 0 Å². The number of nitrogens with one attached hydrogen (secondary N) is 1. The van der Waals surface area contributed by atoms with Gasteiger partial charge in [0.2, 0.25) is 21.8 Å². The average Bonchev–Trinajstić information content (AvgIpc) is 2.91. The van der Waals surface area contributed by atoms with Gasteiger partial charge < -0.3 is 10.2 Å². The molecule has 0 unspecified atom stereocenters. The van der Waals surface area contributed by atoms with Gasteiger partial charge in [-0.05, 0) is 41.8 Å². The van der Waals surface area contributed by atoms with Crippen molar-refractivity contribution in [2.24, 2.45) is 0 Å². The van der Waals surface area contributed by atoms with Crippen molar-refractivity contribution in [3.63, 3.8) is 0 Å². The van der Waals surface area contributed by atoms with Crippen molar-refractivity contribution >= 4 is 62.3 Å². The zero-order valence-electron chi connectivity index (χ0n) is 22.3. The Kier molecular flexibility index (Phi) is 11.7. The van der Waals surface area contributed by atoms with E-state index in [9.17, 15) is 18.0 Å². The Balaban J connectivity index is 2.05. The highest BCUT2D eigenvalue weighted by molar-refractivity contribution is 7.92. The Morgan fingerprint density at radius 2 is 1.57 bits per heavy atom. The van der Waals surface area contributed by atoms with Crippen LogP contribution >= 0.6 is 34.8 Å². The lowest BCUT2D eigenvalue weighted by atomic mass is 10.0. The molecule has 0 aliphatic heterocycles. The Morgan fingerprint density at radius 1 is 0.900 bits per heavy atom. The normalized spacial score (nSPS) is 12.0. The van der Waals surface area contributed by atoms with Crippen LogP contribution in [0, 0.1) is 0 Å². The summed E-state index contributed by atoms with van der Waals surface area (Å²) in [6.45, 7) is 1.90. The van der Waals surface area contributed by atoms with E-state index in [4.69, 9.17) is 34.8 Å². The van der Waals surface area contributed by atoms with Crippen LogP contribution in [0.5, 0.6) is 0 Å². The van der Waals surface area contributed by atoms with Gasteiger partial charge in [0.1, 0.15) is 12.6 Å². The van der Waals surface area contributed by atoms with Crippen LogP contribution in [0.2, 0.25) is 15.1 Å². The number of sulfonamides is 1. The van der Waals surface area contributed by atoms with Gasteiger partial charge in [0.15, 0.2) is 0 Å². The van der Waals surface area contributed by atoms with Gasteiger partial charge in [0.25, 0.3) is 0 Å². The molecule has 0 radical (unpaired) electrons. The van der Waals surface area contributed by atoms with Crippen LogP contribution in [0.1, 0.15) is 30.9 Å². The molecule has 3 aromatic carbocycles. The number of carbonyl (C=O) groups is 2. The monoisotopic (exact) mass is 623 g/mol. The minimum absolute atomic E-state index is 0.00379. The van der Waals surface area contributed by atoms with Crippen molar-refractivity contribution in [1.29, 1.82) is 0 Å². The zero-order chi connectivity index (χ0) is 29.3. The molecule has 0 aliphatic carbocycles. The highest BCUT2D eigenvalue weighted by Crippen LogP contribution is 2.29. The van der Waals surface area contributed by atoms with E-state index in [0.29, 0.717) is 17.1 Å². The SMILES string of the molecule is CCCCNC(=O)[C@H](Cc1ccccc1)N(Cc1ccccc1Cl)C(=O)CN(c1ccc(Cl)c(Cl)c1)S(C)(=O)=O. The molecule has 1 N–H and O–H groups in total. The number of hydrogen-bond donors (Lipinski definition) is 1. The molecule has 0 spiro atoms. The summed E-state index contributed by atoms with van der Waals surface area (Å²) in [6.07, 6.45) is 2.89. The van der Waals surface area contributed by atoms with Crippen molar-refractivity contribution in [3.05, 3.63) is 99.0 Å². The first-order valence-electron chi connectivity index (χ1n) is 12.8. The van der Waals surface area contributed by atoms with E-state index in [1.54, 1.807) is 24.3 Å². The van der Waals surface area contributed by atoms with Crippen LogP contribution in [0.25, 0.3) is 0 Å². The number of hydrogen-bond acceptors (Lipinski definition) is 4. The fourth-order valence-corrected chi connectivity index (χ4v) is 5.45. The third-order valence-electron chi connectivity index (χ3n) is 6.27. The van der Waals surface area contributed by atoms with Crippen LogP contribution in [-0.2, 0) is 32.6 Å². The first kappa shape index (κ1) is 31.7. The number of rotatable bonds is 13. The molecule has 3 aromatic rings. The van der Waals surface area contributed by atoms with Crippen LogP contribution in [0.4, 0.5) is 5.69 Å². The summed E-state index contributed by atoms with van der Waals surface area (Å²) in [5.41, 5.74) is 1.65. The van der Waals surface area contributed by atoms with E-state index in [2.05, 4.69) is 5.32 Å². The standard InChI is InChI=1S/C29H32Cl3N3O4S/c1-3-4-16-33-29(37)27(17-21-10-6-5-7-11-21)34(19-22-12-8-9-13-24(22)30)28(36)20-35(40(2,38)39)23-14-15-25(31)26(32)18-23/h5-15,18,27H,3-4,16-17,19-20H2,1-2H3,(H,33,37)/t27-/m0/s1. The number of unbranched alkanes of at least 4 members (excludes halogenated alkanes) is 1. The molecule has 0 fully saturated rings.